The van der Waals surface area contributed by atoms with Crippen LogP contribution in [0.4, 0.5) is 0 Å². The molecule has 2 unspecified atom stereocenters. The summed E-state index contributed by atoms with van der Waals surface area (Å²) in [6.45, 7) is 14.5. The van der Waals surface area contributed by atoms with E-state index < -0.39 is 11.7 Å². The third-order valence-electron chi connectivity index (χ3n) is 6.60. The van der Waals surface area contributed by atoms with Crippen molar-refractivity contribution < 1.29 is 20.1 Å². The number of aryl methyl sites for hydroxylation is 3. The van der Waals surface area contributed by atoms with Gasteiger partial charge in [0.1, 0.15) is 18.5 Å². The summed E-state index contributed by atoms with van der Waals surface area (Å²) in [5, 5.41) is 29.1. The van der Waals surface area contributed by atoms with Gasteiger partial charge in [-0.25, -0.2) is 0 Å². The van der Waals surface area contributed by atoms with Crippen molar-refractivity contribution in [3.8, 4) is 5.75 Å². The highest BCUT2D eigenvalue weighted by molar-refractivity contribution is 5.43. The lowest BCUT2D eigenvalue weighted by molar-refractivity contribution is 0.0239. The van der Waals surface area contributed by atoms with E-state index in [1.807, 2.05) is 13.0 Å². The summed E-state index contributed by atoms with van der Waals surface area (Å²) in [6.07, 6.45) is 4.64. The molecule has 0 spiro atoms. The first-order chi connectivity index (χ1) is 16.2. The third-order valence-corrected chi connectivity index (χ3v) is 6.60. The minimum atomic E-state index is -0.866. The fourth-order valence-electron chi connectivity index (χ4n) is 4.14. The molecule has 0 amide bonds. The molecule has 0 aliphatic heterocycles. The minimum absolute atomic E-state index is 0.0831. The zero-order chi connectivity index (χ0) is 25.7. The number of benzene rings is 2. The van der Waals surface area contributed by atoms with E-state index in [2.05, 4.69) is 71.9 Å². The quantitative estimate of drug-likeness (QED) is 0.331. The maximum atomic E-state index is 10.6. The van der Waals surface area contributed by atoms with Crippen molar-refractivity contribution in [3.05, 3.63) is 64.2 Å². The Morgan fingerprint density at radius 3 is 1.91 bits per heavy atom. The Hall–Kier alpha value is -1.88. The van der Waals surface area contributed by atoms with E-state index in [-0.39, 0.29) is 13.2 Å². The van der Waals surface area contributed by atoms with Crippen LogP contribution in [0.5, 0.6) is 5.75 Å². The van der Waals surface area contributed by atoms with Crippen molar-refractivity contribution in [2.24, 2.45) is 0 Å². The number of hydrogen-bond acceptors (Lipinski definition) is 4. The van der Waals surface area contributed by atoms with Gasteiger partial charge in [0.05, 0.1) is 12.2 Å². The van der Waals surface area contributed by atoms with Crippen LogP contribution in [0.3, 0.4) is 0 Å². The lowest BCUT2D eigenvalue weighted by atomic mass is 9.85. The lowest BCUT2D eigenvalue weighted by Gasteiger charge is -2.25. The molecule has 0 saturated heterocycles. The van der Waals surface area contributed by atoms with E-state index in [1.165, 1.54) is 28.7 Å². The first-order valence-corrected chi connectivity index (χ1v) is 13.0. The average Bonchev–Trinajstić information content (AvgIpc) is 2.83. The molecule has 0 bridgehead atoms. The Labute approximate surface area is 208 Å². The Bertz CT molecular complexity index is 842. The molecule has 3 N–H and O–H groups in total. The van der Waals surface area contributed by atoms with Crippen molar-refractivity contribution in [1.29, 1.82) is 0 Å². The van der Waals surface area contributed by atoms with Crippen LogP contribution in [0.1, 0.15) is 100 Å². The topological polar surface area (TPSA) is 69.9 Å². The molecule has 0 saturated carbocycles. The summed E-state index contributed by atoms with van der Waals surface area (Å²) < 4.78 is 5.64. The standard InChI is InChI=1S/C27H40O4.C3H8/c1-6-25(23-11-12-26(20(5)16-23)31-18-24(29)17-28)22-10-9-21(19(4)15-22)13-14-27(30,7-2)8-3;1-3-2/h9-12,15-16,24-25,28-30H,6-8,13-14,17-18H2,1-5H3;3H2,1-2H3. The first kappa shape index (κ1) is 30.2. The predicted molar refractivity (Wildman–Crippen MR) is 143 cm³/mol. The first-order valence-electron chi connectivity index (χ1n) is 13.0. The van der Waals surface area contributed by atoms with Crippen LogP contribution in [0.15, 0.2) is 36.4 Å². The van der Waals surface area contributed by atoms with Crippen molar-refractivity contribution >= 4 is 0 Å². The monoisotopic (exact) mass is 472 g/mol. The van der Waals surface area contributed by atoms with E-state index in [0.29, 0.717) is 5.92 Å². The van der Waals surface area contributed by atoms with Crippen LogP contribution in [-0.2, 0) is 6.42 Å². The maximum absolute atomic E-state index is 10.6. The normalized spacial score (nSPS) is 13.1. The summed E-state index contributed by atoms with van der Waals surface area (Å²) >= 11 is 0. The van der Waals surface area contributed by atoms with Gasteiger partial charge in [0, 0.05) is 5.92 Å². The van der Waals surface area contributed by atoms with E-state index >= 15 is 0 Å². The van der Waals surface area contributed by atoms with Crippen LogP contribution in [-0.4, -0.2) is 40.2 Å². The predicted octanol–water partition coefficient (Wildman–Crippen LogP) is 6.48. The van der Waals surface area contributed by atoms with E-state index in [4.69, 9.17) is 9.84 Å². The van der Waals surface area contributed by atoms with Gasteiger partial charge in [0.15, 0.2) is 0 Å². The van der Waals surface area contributed by atoms with Crippen LogP contribution in [0.25, 0.3) is 0 Å². The van der Waals surface area contributed by atoms with Crippen molar-refractivity contribution in [1.82, 2.24) is 0 Å². The smallest absolute Gasteiger partial charge is 0.122 e. The molecule has 0 aliphatic carbocycles. The molecule has 2 atom stereocenters. The molecule has 2 rings (SSSR count). The zero-order valence-corrected chi connectivity index (χ0v) is 22.5. The van der Waals surface area contributed by atoms with E-state index in [1.54, 1.807) is 0 Å². The average molecular weight is 473 g/mol. The second-order valence-corrected chi connectivity index (χ2v) is 9.46. The molecule has 4 heteroatoms. The number of rotatable bonds is 12. The van der Waals surface area contributed by atoms with Gasteiger partial charge >= 0.3 is 0 Å². The summed E-state index contributed by atoms with van der Waals surface area (Å²) in [6, 6.07) is 12.9. The lowest BCUT2D eigenvalue weighted by Crippen LogP contribution is -2.27. The fraction of sp³-hybridized carbons (Fsp3) is 0.600. The molecule has 2 aromatic carbocycles. The minimum Gasteiger partial charge on any atom is -0.491 e. The number of aliphatic hydroxyl groups is 3. The largest absolute Gasteiger partial charge is 0.491 e. The summed E-state index contributed by atoms with van der Waals surface area (Å²) in [5.74, 6) is 1.03. The second-order valence-electron chi connectivity index (χ2n) is 9.46. The van der Waals surface area contributed by atoms with E-state index in [9.17, 15) is 10.2 Å². The van der Waals surface area contributed by atoms with Crippen molar-refractivity contribution in [2.45, 2.75) is 105 Å². The van der Waals surface area contributed by atoms with Crippen LogP contribution in [0, 0.1) is 13.8 Å². The van der Waals surface area contributed by atoms with Gasteiger partial charge in [0.2, 0.25) is 0 Å². The third kappa shape index (κ3) is 9.05. The maximum Gasteiger partial charge on any atom is 0.122 e. The van der Waals surface area contributed by atoms with Gasteiger partial charge < -0.3 is 20.1 Å². The number of aliphatic hydroxyl groups excluding tert-OH is 2. The van der Waals surface area contributed by atoms with Gasteiger partial charge in [-0.15, -0.1) is 0 Å². The molecule has 192 valence electrons. The van der Waals surface area contributed by atoms with Crippen LogP contribution in [0.2, 0.25) is 0 Å². The van der Waals surface area contributed by atoms with Crippen LogP contribution < -0.4 is 4.74 Å². The Morgan fingerprint density at radius 1 is 0.882 bits per heavy atom. The highest BCUT2D eigenvalue weighted by Gasteiger charge is 2.22. The molecule has 4 nitrogen and oxygen atoms in total. The molecular weight excluding hydrogens is 424 g/mol. The summed E-state index contributed by atoms with van der Waals surface area (Å²) in [7, 11) is 0. The van der Waals surface area contributed by atoms with Gasteiger partial charge in [-0.05, 0) is 79.8 Å². The van der Waals surface area contributed by atoms with Crippen molar-refractivity contribution in [3.63, 3.8) is 0 Å². The Morgan fingerprint density at radius 2 is 1.44 bits per heavy atom. The highest BCUT2D eigenvalue weighted by Crippen LogP contribution is 2.33. The zero-order valence-electron chi connectivity index (χ0n) is 22.5. The van der Waals surface area contributed by atoms with Crippen molar-refractivity contribution in [2.75, 3.05) is 13.2 Å². The SMILES string of the molecule is CCC.CCC(c1ccc(CCC(O)(CC)CC)c(C)c1)c1ccc(OCC(O)CO)c(C)c1. The van der Waals surface area contributed by atoms with E-state index in [0.717, 1.165) is 43.4 Å². The molecule has 0 radical (unpaired) electrons. The summed E-state index contributed by atoms with van der Waals surface area (Å²) in [4.78, 5) is 0. The van der Waals surface area contributed by atoms with Gasteiger partial charge in [-0.1, -0.05) is 71.4 Å². The number of hydrogen-bond donors (Lipinski definition) is 3. The Balaban J connectivity index is 0.00000182. The fourth-order valence-corrected chi connectivity index (χ4v) is 4.14. The molecule has 0 aromatic heterocycles. The molecule has 0 heterocycles. The second kappa shape index (κ2) is 15.2. The van der Waals surface area contributed by atoms with Gasteiger partial charge in [0.25, 0.3) is 0 Å². The molecule has 2 aromatic rings. The highest BCUT2D eigenvalue weighted by atomic mass is 16.5. The number of ether oxygens (including phenoxy) is 1. The molecular formula is C30H48O4. The molecule has 0 fully saturated rings. The van der Waals surface area contributed by atoms with Gasteiger partial charge in [-0.3, -0.25) is 0 Å². The Kier molecular flexibility index (Phi) is 13.5. The summed E-state index contributed by atoms with van der Waals surface area (Å²) in [5.41, 5.74) is 5.59. The molecule has 34 heavy (non-hydrogen) atoms. The van der Waals surface area contributed by atoms with Crippen LogP contribution >= 0.6 is 0 Å². The molecule has 0 aliphatic rings. The van der Waals surface area contributed by atoms with Gasteiger partial charge in [-0.2, -0.15) is 0 Å².